The standard InChI is InChI=1S/C25H24FN5O3S/c1-2-28-16-27-22-21(28)23(33)31(25(34)30(22)14-17-8-4-3-5-9-17)15-20(32)29-12-13-35-24(29)18-10-6-7-11-19(18)26/h3-11,16,24H,2,12-15H2,1H3/t24-/m0/s1. The van der Waals surface area contributed by atoms with Gasteiger partial charge in [0.1, 0.15) is 17.7 Å². The number of hydrogen-bond acceptors (Lipinski definition) is 5. The molecule has 2 aromatic heterocycles. The molecule has 10 heteroatoms. The molecule has 0 spiro atoms. The van der Waals surface area contributed by atoms with Crippen LogP contribution in [0.15, 0.2) is 70.5 Å². The van der Waals surface area contributed by atoms with Crippen LogP contribution < -0.4 is 11.2 Å². The summed E-state index contributed by atoms with van der Waals surface area (Å²) in [5.74, 6) is -0.157. The summed E-state index contributed by atoms with van der Waals surface area (Å²) in [7, 11) is 0. The van der Waals surface area contributed by atoms with Crippen LogP contribution in [0.3, 0.4) is 0 Å². The van der Waals surface area contributed by atoms with E-state index in [1.165, 1.54) is 33.6 Å². The van der Waals surface area contributed by atoms with Gasteiger partial charge in [0.2, 0.25) is 5.91 Å². The molecular formula is C25H24FN5O3S. The van der Waals surface area contributed by atoms with Crippen molar-refractivity contribution in [1.29, 1.82) is 0 Å². The van der Waals surface area contributed by atoms with Crippen molar-refractivity contribution in [2.75, 3.05) is 12.3 Å². The van der Waals surface area contributed by atoms with Gasteiger partial charge in [-0.05, 0) is 18.6 Å². The molecule has 35 heavy (non-hydrogen) atoms. The Morgan fingerprint density at radius 1 is 1.09 bits per heavy atom. The highest BCUT2D eigenvalue weighted by Crippen LogP contribution is 2.39. The third-order valence-electron chi connectivity index (χ3n) is 6.18. The van der Waals surface area contributed by atoms with Crippen LogP contribution in [0.2, 0.25) is 0 Å². The number of thioether (sulfide) groups is 1. The number of amides is 1. The number of halogens is 1. The first kappa shape index (κ1) is 23.1. The number of aryl methyl sites for hydroxylation is 1. The highest BCUT2D eigenvalue weighted by atomic mass is 32.2. The number of fused-ring (bicyclic) bond motifs is 1. The number of benzene rings is 2. The smallest absolute Gasteiger partial charge is 0.325 e. The molecule has 3 heterocycles. The lowest BCUT2D eigenvalue weighted by atomic mass is 10.2. The first-order chi connectivity index (χ1) is 17.0. The summed E-state index contributed by atoms with van der Waals surface area (Å²) >= 11 is 1.46. The maximum absolute atomic E-state index is 14.4. The van der Waals surface area contributed by atoms with E-state index in [4.69, 9.17) is 0 Å². The van der Waals surface area contributed by atoms with Crippen LogP contribution in [0.1, 0.15) is 23.4 Å². The summed E-state index contributed by atoms with van der Waals surface area (Å²) in [5, 5.41) is -0.504. The van der Waals surface area contributed by atoms with Crippen LogP contribution in [0.5, 0.6) is 0 Å². The summed E-state index contributed by atoms with van der Waals surface area (Å²) in [6.07, 6.45) is 1.53. The van der Waals surface area contributed by atoms with Crippen LogP contribution in [-0.2, 0) is 24.4 Å². The van der Waals surface area contributed by atoms with Gasteiger partial charge in [0.05, 0.1) is 12.9 Å². The Labute approximate surface area is 204 Å². The maximum Gasteiger partial charge on any atom is 0.333 e. The predicted molar refractivity (Wildman–Crippen MR) is 133 cm³/mol. The average Bonchev–Trinajstić information content (AvgIpc) is 3.53. The largest absolute Gasteiger partial charge is 0.333 e. The Kier molecular flexibility index (Phi) is 6.29. The molecule has 1 saturated heterocycles. The predicted octanol–water partition coefficient (Wildman–Crippen LogP) is 2.84. The van der Waals surface area contributed by atoms with E-state index in [1.54, 1.807) is 22.8 Å². The lowest BCUT2D eigenvalue weighted by molar-refractivity contribution is -0.132. The molecule has 180 valence electrons. The minimum atomic E-state index is -0.602. The van der Waals surface area contributed by atoms with Crippen molar-refractivity contribution in [3.8, 4) is 0 Å². The zero-order chi connectivity index (χ0) is 24.5. The van der Waals surface area contributed by atoms with E-state index in [1.807, 2.05) is 37.3 Å². The molecule has 0 bridgehead atoms. The van der Waals surface area contributed by atoms with E-state index in [-0.39, 0.29) is 23.5 Å². The molecule has 0 saturated carbocycles. The van der Waals surface area contributed by atoms with Gasteiger partial charge >= 0.3 is 5.69 Å². The van der Waals surface area contributed by atoms with Gasteiger partial charge in [-0.1, -0.05) is 48.5 Å². The van der Waals surface area contributed by atoms with Gasteiger partial charge in [0.15, 0.2) is 11.2 Å². The summed E-state index contributed by atoms with van der Waals surface area (Å²) in [5.41, 5.74) is 0.685. The van der Waals surface area contributed by atoms with E-state index >= 15 is 0 Å². The Hall–Kier alpha value is -3.66. The van der Waals surface area contributed by atoms with E-state index < -0.39 is 29.1 Å². The molecule has 5 rings (SSSR count). The molecular weight excluding hydrogens is 469 g/mol. The number of nitrogens with zero attached hydrogens (tertiary/aromatic N) is 5. The summed E-state index contributed by atoms with van der Waals surface area (Å²) in [6.45, 7) is 2.56. The van der Waals surface area contributed by atoms with Crippen molar-refractivity contribution in [3.63, 3.8) is 0 Å². The fourth-order valence-corrected chi connectivity index (χ4v) is 5.71. The fourth-order valence-electron chi connectivity index (χ4n) is 4.41. The molecule has 1 aliphatic heterocycles. The molecule has 2 aromatic carbocycles. The number of aromatic nitrogens is 4. The molecule has 1 amide bonds. The second-order valence-corrected chi connectivity index (χ2v) is 9.47. The molecule has 4 aromatic rings. The Morgan fingerprint density at radius 3 is 2.57 bits per heavy atom. The molecule has 1 aliphatic rings. The minimum absolute atomic E-state index is 0.211. The van der Waals surface area contributed by atoms with Crippen LogP contribution in [0.4, 0.5) is 4.39 Å². The van der Waals surface area contributed by atoms with Crippen LogP contribution in [0.25, 0.3) is 11.2 Å². The second kappa shape index (κ2) is 9.53. The second-order valence-electron chi connectivity index (χ2n) is 8.28. The van der Waals surface area contributed by atoms with E-state index in [2.05, 4.69) is 4.98 Å². The normalized spacial score (nSPS) is 15.7. The van der Waals surface area contributed by atoms with Crippen molar-refractivity contribution >= 4 is 28.8 Å². The van der Waals surface area contributed by atoms with Gasteiger partial charge in [-0.3, -0.25) is 14.2 Å². The first-order valence-electron chi connectivity index (χ1n) is 11.4. The maximum atomic E-state index is 14.4. The van der Waals surface area contributed by atoms with Crippen molar-refractivity contribution in [2.24, 2.45) is 0 Å². The van der Waals surface area contributed by atoms with Gasteiger partial charge in [0, 0.05) is 24.4 Å². The van der Waals surface area contributed by atoms with Crippen LogP contribution in [-0.4, -0.2) is 41.8 Å². The molecule has 0 unspecified atom stereocenters. The van der Waals surface area contributed by atoms with Crippen LogP contribution >= 0.6 is 11.8 Å². The van der Waals surface area contributed by atoms with Gasteiger partial charge in [0.25, 0.3) is 5.56 Å². The van der Waals surface area contributed by atoms with Gasteiger partial charge in [-0.2, -0.15) is 0 Å². The number of carbonyl (C=O) groups is 1. The first-order valence-corrected chi connectivity index (χ1v) is 12.4. The Bertz CT molecular complexity index is 1510. The van der Waals surface area contributed by atoms with E-state index in [9.17, 15) is 18.8 Å². The molecule has 0 radical (unpaired) electrons. The zero-order valence-corrected chi connectivity index (χ0v) is 19.9. The number of carbonyl (C=O) groups excluding carboxylic acids is 1. The van der Waals surface area contributed by atoms with Gasteiger partial charge < -0.3 is 9.47 Å². The number of rotatable bonds is 6. The minimum Gasteiger partial charge on any atom is -0.325 e. The van der Waals surface area contributed by atoms with Crippen molar-refractivity contribution in [1.82, 2.24) is 23.6 Å². The van der Waals surface area contributed by atoms with E-state index in [0.29, 0.717) is 24.4 Å². The van der Waals surface area contributed by atoms with Crippen LogP contribution in [0, 0.1) is 5.82 Å². The quantitative estimate of drug-likeness (QED) is 0.413. The third-order valence-corrected chi connectivity index (χ3v) is 7.43. The topological polar surface area (TPSA) is 82.1 Å². The fraction of sp³-hybridized carbons (Fsp3) is 0.280. The lowest BCUT2D eigenvalue weighted by Crippen LogP contribution is -2.45. The van der Waals surface area contributed by atoms with E-state index in [0.717, 1.165) is 10.1 Å². The zero-order valence-electron chi connectivity index (χ0n) is 19.1. The van der Waals surface area contributed by atoms with Gasteiger partial charge in [-0.15, -0.1) is 11.8 Å². The average molecular weight is 494 g/mol. The SMILES string of the molecule is CCn1cnc2c1c(=O)n(CC(=O)N1CCS[C@H]1c1ccccc1F)c(=O)n2Cc1ccccc1. The van der Waals surface area contributed by atoms with Crippen molar-refractivity contribution in [3.05, 3.63) is 98.7 Å². The highest BCUT2D eigenvalue weighted by Gasteiger charge is 2.33. The molecule has 0 aliphatic carbocycles. The Morgan fingerprint density at radius 2 is 1.83 bits per heavy atom. The third kappa shape index (κ3) is 4.18. The summed E-state index contributed by atoms with van der Waals surface area (Å²) in [4.78, 5) is 46.2. The molecule has 0 N–H and O–H groups in total. The Balaban J connectivity index is 1.56. The summed E-state index contributed by atoms with van der Waals surface area (Å²) in [6, 6.07) is 15.7. The molecule has 8 nitrogen and oxygen atoms in total. The molecule has 1 atom stereocenters. The van der Waals surface area contributed by atoms with Crippen molar-refractivity contribution in [2.45, 2.75) is 31.9 Å². The monoisotopic (exact) mass is 493 g/mol. The lowest BCUT2D eigenvalue weighted by Gasteiger charge is -2.25. The molecule has 1 fully saturated rings. The number of hydrogen-bond donors (Lipinski definition) is 0. The van der Waals surface area contributed by atoms with Gasteiger partial charge in [-0.25, -0.2) is 18.7 Å². The number of imidazole rings is 1. The highest BCUT2D eigenvalue weighted by molar-refractivity contribution is 7.99. The summed E-state index contributed by atoms with van der Waals surface area (Å²) < 4.78 is 18.5. The van der Waals surface area contributed by atoms with Crippen molar-refractivity contribution < 1.29 is 9.18 Å².